The largest absolute Gasteiger partial charge is 0.491 e. The number of ketones is 1. The molecule has 0 saturated heterocycles. The number of carbonyl (C=O) groups excluding carboxylic acids is 1. The summed E-state index contributed by atoms with van der Waals surface area (Å²) >= 11 is 0.921. The quantitative estimate of drug-likeness (QED) is 0.178. The lowest BCUT2D eigenvalue weighted by Gasteiger charge is -2.13. The van der Waals surface area contributed by atoms with Crippen LogP contribution in [-0.2, 0) is 39.2 Å². The molecule has 16 heteroatoms. The van der Waals surface area contributed by atoms with Crippen molar-refractivity contribution < 1.29 is 42.1 Å². The predicted molar refractivity (Wildman–Crippen MR) is 144 cm³/mol. The van der Waals surface area contributed by atoms with Gasteiger partial charge in [-0.1, -0.05) is 17.3 Å². The number of ether oxygens (including phenoxy) is 2. The molecule has 0 aliphatic carbocycles. The summed E-state index contributed by atoms with van der Waals surface area (Å²) in [7, 11) is -3.91. The third kappa shape index (κ3) is 8.50. The van der Waals surface area contributed by atoms with E-state index >= 15 is 0 Å². The van der Waals surface area contributed by atoms with Crippen molar-refractivity contribution in [2.24, 2.45) is 11.1 Å². The molecule has 0 amide bonds. The minimum Gasteiger partial charge on any atom is -0.491 e. The molecule has 0 fully saturated rings. The molecule has 0 saturated carbocycles. The Morgan fingerprint density at radius 2 is 1.85 bits per heavy atom. The van der Waals surface area contributed by atoms with E-state index in [9.17, 15) is 32.6 Å². The zero-order chi connectivity index (χ0) is 29.6. The van der Waals surface area contributed by atoms with Gasteiger partial charge in [0, 0.05) is 6.42 Å². The van der Waals surface area contributed by atoms with E-state index in [0.29, 0.717) is 33.0 Å². The number of aliphatic carboxylic acids is 1. The topological polar surface area (TPSA) is 197 Å². The Labute approximate surface area is 237 Å². The van der Waals surface area contributed by atoms with Crippen molar-refractivity contribution in [2.75, 3.05) is 13.3 Å². The molecule has 0 aliphatic rings. The van der Waals surface area contributed by atoms with Gasteiger partial charge in [0.15, 0.2) is 5.78 Å². The number of carboxylic acids is 1. The van der Waals surface area contributed by atoms with Crippen LogP contribution in [0.1, 0.15) is 17.7 Å². The molecule has 0 aliphatic heterocycles. The Bertz CT molecular complexity index is 1620. The molecule has 4 N–H and O–H groups in total. The highest BCUT2D eigenvalue weighted by molar-refractivity contribution is 7.91. The standard InChI is InChI=1S/C25H26FN5O8S2/c26-10-19(33)14-39-20-3-1-15(2-4-20)7-16(24(34)35)8-18(32)12-31-11-17(29-30-31)13-38-21-5-6-22-23(9-21)40-25(28-22)41(27,36)37/h1-6,9,11,16,19,33H,7-8,10,12-14H2,(H,34,35)(H2,27,36,37)/t16-,19?/m1/s1. The second kappa shape index (κ2) is 13.1. The van der Waals surface area contributed by atoms with Gasteiger partial charge in [0.25, 0.3) is 10.0 Å². The number of halogens is 1. The van der Waals surface area contributed by atoms with Crippen LogP contribution in [0.3, 0.4) is 0 Å². The number of rotatable bonds is 15. The number of aliphatic hydroxyl groups is 1. The first-order valence-electron chi connectivity index (χ1n) is 12.2. The summed E-state index contributed by atoms with van der Waals surface area (Å²) in [6.45, 7) is -1.28. The molecule has 41 heavy (non-hydrogen) atoms. The summed E-state index contributed by atoms with van der Waals surface area (Å²) in [5.41, 5.74) is 1.55. The number of hydrogen-bond donors (Lipinski definition) is 3. The molecular weight excluding hydrogens is 581 g/mol. The van der Waals surface area contributed by atoms with Crippen LogP contribution in [0.5, 0.6) is 11.5 Å². The third-order valence-corrected chi connectivity index (χ3v) is 8.08. The minimum atomic E-state index is -3.91. The smallest absolute Gasteiger partial charge is 0.307 e. The van der Waals surface area contributed by atoms with Gasteiger partial charge in [0.2, 0.25) is 4.34 Å². The molecular formula is C25H26FN5O8S2. The molecule has 4 aromatic rings. The van der Waals surface area contributed by atoms with Crippen molar-refractivity contribution in [1.29, 1.82) is 0 Å². The van der Waals surface area contributed by atoms with Crippen molar-refractivity contribution in [3.8, 4) is 11.5 Å². The van der Waals surface area contributed by atoms with Crippen LogP contribution < -0.4 is 14.6 Å². The van der Waals surface area contributed by atoms with Crippen molar-refractivity contribution in [2.45, 2.75) is 36.4 Å². The first-order valence-corrected chi connectivity index (χ1v) is 14.5. The van der Waals surface area contributed by atoms with Gasteiger partial charge < -0.3 is 19.7 Å². The molecule has 2 aromatic heterocycles. The summed E-state index contributed by atoms with van der Waals surface area (Å²) in [5.74, 6) is -1.60. The van der Waals surface area contributed by atoms with Gasteiger partial charge in [-0.15, -0.1) is 16.4 Å². The predicted octanol–water partition coefficient (Wildman–Crippen LogP) is 1.73. The molecule has 0 radical (unpaired) electrons. The summed E-state index contributed by atoms with van der Waals surface area (Å²) < 4.78 is 48.0. The maximum absolute atomic E-state index is 12.6. The van der Waals surface area contributed by atoms with Gasteiger partial charge in [0.1, 0.15) is 49.7 Å². The number of fused-ring (bicyclic) bond motifs is 1. The number of sulfonamides is 1. The fourth-order valence-electron chi connectivity index (χ4n) is 3.74. The van der Waals surface area contributed by atoms with Crippen molar-refractivity contribution in [3.63, 3.8) is 0 Å². The Morgan fingerprint density at radius 3 is 2.54 bits per heavy atom. The van der Waals surface area contributed by atoms with Crippen LogP contribution >= 0.6 is 11.3 Å². The van der Waals surface area contributed by atoms with Gasteiger partial charge >= 0.3 is 5.97 Å². The average Bonchev–Trinajstić information content (AvgIpc) is 3.57. The highest BCUT2D eigenvalue weighted by atomic mass is 32.2. The van der Waals surface area contributed by atoms with E-state index < -0.39 is 34.7 Å². The Morgan fingerprint density at radius 1 is 1.12 bits per heavy atom. The number of carbonyl (C=O) groups is 2. The van der Waals surface area contributed by atoms with E-state index in [-0.39, 0.29) is 42.7 Å². The van der Waals surface area contributed by atoms with Crippen LogP contribution in [0.4, 0.5) is 4.39 Å². The number of alkyl halides is 1. The van der Waals surface area contributed by atoms with Gasteiger partial charge in [-0.05, 0) is 42.3 Å². The number of thiazole rings is 1. The van der Waals surface area contributed by atoms with Crippen molar-refractivity contribution in [3.05, 3.63) is 59.9 Å². The average molecular weight is 608 g/mol. The summed E-state index contributed by atoms with van der Waals surface area (Å²) in [4.78, 5) is 28.4. The molecule has 13 nitrogen and oxygen atoms in total. The number of carboxylic acid groups (broad SMARTS) is 1. The monoisotopic (exact) mass is 607 g/mol. The van der Waals surface area contributed by atoms with Gasteiger partial charge in [-0.3, -0.25) is 9.59 Å². The summed E-state index contributed by atoms with van der Waals surface area (Å²) in [6, 6.07) is 11.3. The van der Waals surface area contributed by atoms with E-state index in [0.717, 1.165) is 11.3 Å². The molecule has 1 unspecified atom stereocenters. The van der Waals surface area contributed by atoms with E-state index in [1.807, 2.05) is 0 Å². The maximum atomic E-state index is 12.6. The first-order chi connectivity index (χ1) is 19.5. The molecule has 4 rings (SSSR count). The lowest BCUT2D eigenvalue weighted by molar-refractivity contribution is -0.143. The molecule has 2 atom stereocenters. The Kier molecular flexibility index (Phi) is 9.59. The maximum Gasteiger partial charge on any atom is 0.307 e. The number of aliphatic hydroxyl groups excluding tert-OH is 1. The summed E-state index contributed by atoms with van der Waals surface area (Å²) in [6.07, 6.45) is 0.168. The third-order valence-electron chi connectivity index (χ3n) is 5.74. The zero-order valence-electron chi connectivity index (χ0n) is 21.4. The fourth-order valence-corrected chi connectivity index (χ4v) is 5.43. The van der Waals surface area contributed by atoms with Gasteiger partial charge in [0.05, 0.1) is 22.3 Å². The van der Waals surface area contributed by atoms with Crippen LogP contribution in [-0.4, -0.2) is 69.7 Å². The lowest BCUT2D eigenvalue weighted by atomic mass is 9.94. The van der Waals surface area contributed by atoms with Gasteiger partial charge in [-0.2, -0.15) is 0 Å². The van der Waals surface area contributed by atoms with Crippen molar-refractivity contribution >= 4 is 43.3 Å². The number of nitrogens with zero attached hydrogens (tertiary/aromatic N) is 4. The SMILES string of the molecule is NS(=O)(=O)c1nc2ccc(OCc3cn(CC(=O)C[C@@H](Cc4ccc(OCC(O)CF)cc4)C(=O)O)nn3)cc2s1. The molecule has 2 heterocycles. The Balaban J connectivity index is 1.28. The molecule has 0 bridgehead atoms. The van der Waals surface area contributed by atoms with Crippen LogP contribution in [0.2, 0.25) is 0 Å². The van der Waals surface area contributed by atoms with E-state index in [1.165, 1.54) is 10.9 Å². The van der Waals surface area contributed by atoms with Crippen LogP contribution in [0.25, 0.3) is 10.2 Å². The number of hydrogen-bond acceptors (Lipinski definition) is 11. The van der Waals surface area contributed by atoms with E-state index in [2.05, 4.69) is 15.3 Å². The number of aromatic nitrogens is 4. The lowest BCUT2D eigenvalue weighted by Crippen LogP contribution is -2.23. The molecule has 218 valence electrons. The number of primary sulfonamides is 1. The second-order valence-electron chi connectivity index (χ2n) is 9.10. The van der Waals surface area contributed by atoms with Crippen LogP contribution in [0, 0.1) is 5.92 Å². The minimum absolute atomic E-state index is 0.0186. The normalized spacial score (nSPS) is 13.1. The van der Waals surface area contributed by atoms with Crippen molar-refractivity contribution in [1.82, 2.24) is 20.0 Å². The number of Topliss-reactive ketones (excluding diaryl/α,β-unsaturated/α-hetero) is 1. The van der Waals surface area contributed by atoms with E-state index in [1.54, 1.807) is 42.5 Å². The second-order valence-corrected chi connectivity index (χ2v) is 11.9. The Hall–Kier alpha value is -3.99. The molecule has 2 aromatic carbocycles. The van der Waals surface area contributed by atoms with Crippen LogP contribution in [0.15, 0.2) is 53.0 Å². The number of benzene rings is 2. The summed E-state index contributed by atoms with van der Waals surface area (Å²) in [5, 5.41) is 31.9. The van der Waals surface area contributed by atoms with Gasteiger partial charge in [-0.25, -0.2) is 27.6 Å². The fraction of sp³-hybridized carbons (Fsp3) is 0.320. The highest BCUT2D eigenvalue weighted by Gasteiger charge is 2.22. The highest BCUT2D eigenvalue weighted by Crippen LogP contribution is 2.28. The first kappa shape index (κ1) is 30.0. The number of nitrogens with two attached hydrogens (primary N) is 1. The van der Waals surface area contributed by atoms with E-state index in [4.69, 9.17) is 14.6 Å². The zero-order valence-corrected chi connectivity index (χ0v) is 23.1. The molecule has 0 spiro atoms.